The Labute approximate surface area is 166 Å². The van der Waals surface area contributed by atoms with Gasteiger partial charge in [-0.05, 0) is 30.2 Å². The van der Waals surface area contributed by atoms with E-state index in [1.165, 1.54) is 6.07 Å². The molecule has 2 heterocycles. The molecule has 7 nitrogen and oxygen atoms in total. The number of halogens is 1. The van der Waals surface area contributed by atoms with E-state index in [9.17, 15) is 14.9 Å². The van der Waals surface area contributed by atoms with Gasteiger partial charge in [0.2, 0.25) is 0 Å². The van der Waals surface area contributed by atoms with Crippen LogP contribution >= 0.6 is 11.6 Å². The lowest BCUT2D eigenvalue weighted by Gasteiger charge is -2.21. The molecule has 3 aromatic rings. The van der Waals surface area contributed by atoms with Crippen LogP contribution in [0.3, 0.4) is 0 Å². The van der Waals surface area contributed by atoms with E-state index in [2.05, 4.69) is 4.98 Å². The zero-order valence-corrected chi connectivity index (χ0v) is 15.9. The quantitative estimate of drug-likeness (QED) is 0.478. The fourth-order valence-corrected chi connectivity index (χ4v) is 3.67. The predicted octanol–water partition coefficient (Wildman–Crippen LogP) is 4.55. The van der Waals surface area contributed by atoms with Crippen LogP contribution < -0.4 is 4.90 Å². The molecule has 0 unspecified atom stereocenters. The van der Waals surface area contributed by atoms with Crippen molar-refractivity contribution in [3.05, 3.63) is 74.9 Å². The molecule has 0 spiro atoms. The molecule has 142 valence electrons. The summed E-state index contributed by atoms with van der Waals surface area (Å²) in [7, 11) is 0. The summed E-state index contributed by atoms with van der Waals surface area (Å²) in [5.41, 5.74) is 2.69. The van der Waals surface area contributed by atoms with Gasteiger partial charge < -0.3 is 4.90 Å². The van der Waals surface area contributed by atoms with Gasteiger partial charge in [0.15, 0.2) is 0 Å². The lowest BCUT2D eigenvalue weighted by atomic mass is 10.1. The summed E-state index contributed by atoms with van der Waals surface area (Å²) in [6.45, 7) is 3.42. The fourth-order valence-electron chi connectivity index (χ4n) is 3.55. The molecule has 1 aromatic heterocycles. The Morgan fingerprint density at radius 2 is 1.93 bits per heavy atom. The van der Waals surface area contributed by atoms with Crippen molar-refractivity contribution in [3.8, 4) is 0 Å². The van der Waals surface area contributed by atoms with E-state index >= 15 is 0 Å². The molecular weight excluding hydrogens is 380 g/mol. The van der Waals surface area contributed by atoms with Crippen molar-refractivity contribution in [2.75, 3.05) is 18.0 Å². The number of pyridine rings is 1. The Morgan fingerprint density at radius 3 is 2.64 bits per heavy atom. The van der Waals surface area contributed by atoms with E-state index < -0.39 is 4.92 Å². The van der Waals surface area contributed by atoms with Gasteiger partial charge in [-0.2, -0.15) is 0 Å². The molecule has 0 bridgehead atoms. The SMILES string of the molecule is Cc1cnc2c([N+](=O)[O-])cccc2c1N1CCN(Cc2ccc(Cl)cc2)C1=O. The second-order valence-electron chi connectivity index (χ2n) is 6.70. The third-order valence-corrected chi connectivity index (χ3v) is 5.13. The molecule has 1 saturated heterocycles. The highest BCUT2D eigenvalue weighted by molar-refractivity contribution is 6.30. The van der Waals surface area contributed by atoms with E-state index in [1.807, 2.05) is 19.1 Å². The minimum atomic E-state index is -0.451. The number of amides is 2. The Hall–Kier alpha value is -3.19. The van der Waals surface area contributed by atoms with Crippen molar-refractivity contribution in [3.63, 3.8) is 0 Å². The van der Waals surface area contributed by atoms with Gasteiger partial charge in [-0.25, -0.2) is 9.78 Å². The van der Waals surface area contributed by atoms with Crippen LogP contribution in [0.1, 0.15) is 11.1 Å². The highest BCUT2D eigenvalue weighted by Gasteiger charge is 2.32. The first-order valence-corrected chi connectivity index (χ1v) is 9.17. The first-order chi connectivity index (χ1) is 13.5. The smallest absolute Gasteiger partial charge is 0.318 e. The second-order valence-corrected chi connectivity index (χ2v) is 7.14. The molecule has 1 aliphatic rings. The molecule has 8 heteroatoms. The third kappa shape index (κ3) is 3.14. The second kappa shape index (κ2) is 7.09. The number of aromatic nitrogens is 1. The number of carbonyl (C=O) groups excluding carboxylic acids is 1. The van der Waals surface area contributed by atoms with Gasteiger partial charge in [0.05, 0.1) is 10.6 Å². The monoisotopic (exact) mass is 396 g/mol. The van der Waals surface area contributed by atoms with Crippen molar-refractivity contribution in [2.45, 2.75) is 13.5 Å². The number of para-hydroxylation sites is 1. The van der Waals surface area contributed by atoms with Gasteiger partial charge in [-0.1, -0.05) is 35.9 Å². The standard InChI is InChI=1S/C20H17ClN4O3/c1-13-11-22-18-16(3-2-4-17(18)25(27)28)19(13)24-10-9-23(20(24)26)12-14-5-7-15(21)8-6-14/h2-8,11H,9-10,12H2,1H3. The van der Waals surface area contributed by atoms with Crippen LogP contribution in [-0.2, 0) is 6.54 Å². The van der Waals surface area contributed by atoms with Crippen LogP contribution in [0, 0.1) is 17.0 Å². The molecule has 0 radical (unpaired) electrons. The molecule has 2 amide bonds. The number of rotatable bonds is 4. The molecule has 0 N–H and O–H groups in total. The van der Waals surface area contributed by atoms with Gasteiger partial charge >= 0.3 is 6.03 Å². The number of fused-ring (bicyclic) bond motifs is 1. The molecule has 2 aromatic carbocycles. The summed E-state index contributed by atoms with van der Waals surface area (Å²) < 4.78 is 0. The zero-order valence-electron chi connectivity index (χ0n) is 15.1. The van der Waals surface area contributed by atoms with Crippen molar-refractivity contribution >= 4 is 39.9 Å². The van der Waals surface area contributed by atoms with Gasteiger partial charge in [-0.15, -0.1) is 0 Å². The molecule has 1 fully saturated rings. The van der Waals surface area contributed by atoms with Gasteiger partial charge in [0.1, 0.15) is 5.52 Å². The van der Waals surface area contributed by atoms with E-state index in [-0.39, 0.29) is 17.2 Å². The largest absolute Gasteiger partial charge is 0.324 e. The summed E-state index contributed by atoms with van der Waals surface area (Å²) in [4.78, 5) is 31.6. The summed E-state index contributed by atoms with van der Waals surface area (Å²) in [6, 6.07) is 12.1. The number of urea groups is 1. The van der Waals surface area contributed by atoms with Crippen molar-refractivity contribution in [1.29, 1.82) is 0 Å². The Balaban J connectivity index is 1.69. The molecule has 4 rings (SSSR count). The van der Waals surface area contributed by atoms with Crippen LogP contribution in [0.2, 0.25) is 5.02 Å². The number of hydrogen-bond donors (Lipinski definition) is 0. The minimum absolute atomic E-state index is 0.0663. The number of non-ortho nitro benzene ring substituents is 1. The minimum Gasteiger partial charge on any atom is -0.318 e. The van der Waals surface area contributed by atoms with E-state index in [0.29, 0.717) is 35.7 Å². The Kier molecular flexibility index (Phi) is 4.60. The fraction of sp³-hybridized carbons (Fsp3) is 0.200. The lowest BCUT2D eigenvalue weighted by molar-refractivity contribution is -0.383. The third-order valence-electron chi connectivity index (χ3n) is 4.88. The highest BCUT2D eigenvalue weighted by Crippen LogP contribution is 2.35. The van der Waals surface area contributed by atoms with Gasteiger partial charge in [0, 0.05) is 42.3 Å². The Bertz CT molecular complexity index is 1080. The first-order valence-electron chi connectivity index (χ1n) is 8.79. The number of benzene rings is 2. The first kappa shape index (κ1) is 18.2. The summed E-state index contributed by atoms with van der Waals surface area (Å²) >= 11 is 5.93. The maximum atomic E-state index is 13.1. The molecule has 28 heavy (non-hydrogen) atoms. The number of nitrogens with zero attached hydrogens (tertiary/aromatic N) is 4. The highest BCUT2D eigenvalue weighted by atomic mass is 35.5. The van der Waals surface area contributed by atoms with Crippen molar-refractivity contribution in [1.82, 2.24) is 9.88 Å². The molecule has 1 aliphatic heterocycles. The lowest BCUT2D eigenvalue weighted by Crippen LogP contribution is -2.32. The van der Waals surface area contributed by atoms with E-state index in [4.69, 9.17) is 11.6 Å². The summed E-state index contributed by atoms with van der Waals surface area (Å²) in [5, 5.41) is 12.6. The van der Waals surface area contributed by atoms with Crippen LogP contribution in [0.25, 0.3) is 10.9 Å². The van der Waals surface area contributed by atoms with Crippen LogP contribution in [0.5, 0.6) is 0 Å². The molecule has 0 atom stereocenters. The van der Waals surface area contributed by atoms with Gasteiger partial charge in [-0.3, -0.25) is 15.0 Å². The number of hydrogen-bond acceptors (Lipinski definition) is 4. The van der Waals surface area contributed by atoms with E-state index in [1.54, 1.807) is 40.3 Å². The molecular formula is C20H17ClN4O3. The van der Waals surface area contributed by atoms with Crippen LogP contribution in [0.15, 0.2) is 48.7 Å². The van der Waals surface area contributed by atoms with Crippen molar-refractivity contribution in [2.24, 2.45) is 0 Å². The van der Waals surface area contributed by atoms with Crippen molar-refractivity contribution < 1.29 is 9.72 Å². The number of anilines is 1. The number of nitro groups is 1. The predicted molar refractivity (Wildman–Crippen MR) is 108 cm³/mol. The number of aryl methyl sites for hydroxylation is 1. The average molecular weight is 397 g/mol. The maximum Gasteiger partial charge on any atom is 0.324 e. The maximum absolute atomic E-state index is 13.1. The Morgan fingerprint density at radius 1 is 1.18 bits per heavy atom. The normalized spacial score (nSPS) is 14.1. The van der Waals surface area contributed by atoms with E-state index in [0.717, 1.165) is 11.1 Å². The van der Waals surface area contributed by atoms with Crippen LogP contribution in [-0.4, -0.2) is 33.9 Å². The average Bonchev–Trinajstić information content (AvgIpc) is 3.03. The summed E-state index contributed by atoms with van der Waals surface area (Å²) in [6.07, 6.45) is 1.58. The van der Waals surface area contributed by atoms with Crippen LogP contribution in [0.4, 0.5) is 16.2 Å². The number of carbonyl (C=O) groups is 1. The zero-order chi connectivity index (χ0) is 19.8. The molecule has 0 aliphatic carbocycles. The topological polar surface area (TPSA) is 79.6 Å². The summed E-state index contributed by atoms with van der Waals surface area (Å²) in [5.74, 6) is 0. The molecule has 0 saturated carbocycles. The number of nitro benzene ring substituents is 1. The van der Waals surface area contributed by atoms with Gasteiger partial charge in [0.25, 0.3) is 5.69 Å².